The van der Waals surface area contributed by atoms with Crippen molar-refractivity contribution in [3.8, 4) is 11.5 Å². The quantitative estimate of drug-likeness (QED) is 0.771. The van der Waals surface area contributed by atoms with Gasteiger partial charge in [-0.05, 0) is 32.0 Å². The van der Waals surface area contributed by atoms with Gasteiger partial charge >= 0.3 is 0 Å². The van der Waals surface area contributed by atoms with E-state index in [1.165, 1.54) is 40.2 Å². The van der Waals surface area contributed by atoms with E-state index in [9.17, 15) is 13.2 Å². The van der Waals surface area contributed by atoms with Crippen molar-refractivity contribution in [3.05, 3.63) is 23.8 Å². The van der Waals surface area contributed by atoms with Gasteiger partial charge in [-0.2, -0.15) is 0 Å². The van der Waals surface area contributed by atoms with Crippen molar-refractivity contribution >= 4 is 15.6 Å². The molecule has 106 valence electrons. The largest absolute Gasteiger partial charge is 0.493 e. The number of carbonyl (C=O) groups is 1. The van der Waals surface area contributed by atoms with Gasteiger partial charge in [-0.15, -0.1) is 0 Å². The minimum absolute atomic E-state index is 0.271. The fourth-order valence-electron chi connectivity index (χ4n) is 1.49. The first-order valence-electron chi connectivity index (χ1n) is 5.61. The second-order valence-corrected chi connectivity index (χ2v) is 7.25. The topological polar surface area (TPSA) is 69.7 Å². The van der Waals surface area contributed by atoms with E-state index in [1.54, 1.807) is 6.07 Å². The fraction of sp³-hybridized carbons (Fsp3) is 0.462. The number of hydrogen-bond acceptors (Lipinski definition) is 5. The molecular weight excluding hydrogens is 268 g/mol. The third kappa shape index (κ3) is 2.89. The monoisotopic (exact) mass is 286 g/mol. The molecule has 0 aliphatic heterocycles. The summed E-state index contributed by atoms with van der Waals surface area (Å²) in [5.41, 5.74) is 0.271. The van der Waals surface area contributed by atoms with Crippen molar-refractivity contribution in [1.82, 2.24) is 0 Å². The number of ketones is 1. The standard InChI is InChI=1S/C13H18O5S/c1-13(2,19(5,15)16)12(14)9-6-7-10(17-3)11(8-9)18-4/h6-8H,1-5H3. The molecule has 0 aliphatic carbocycles. The second-order valence-electron chi connectivity index (χ2n) is 4.68. The van der Waals surface area contributed by atoms with E-state index in [0.717, 1.165) is 6.26 Å². The Bertz CT molecular complexity index is 587. The SMILES string of the molecule is COc1ccc(C(=O)C(C)(C)S(C)(=O)=O)cc1OC. The molecule has 1 rings (SSSR count). The molecule has 0 aromatic heterocycles. The van der Waals surface area contributed by atoms with Crippen LogP contribution in [0.15, 0.2) is 18.2 Å². The van der Waals surface area contributed by atoms with E-state index in [1.807, 2.05) is 0 Å². The average Bonchev–Trinajstić information content (AvgIpc) is 2.35. The van der Waals surface area contributed by atoms with E-state index in [-0.39, 0.29) is 5.56 Å². The normalized spacial score (nSPS) is 12.1. The maximum absolute atomic E-state index is 12.3. The van der Waals surface area contributed by atoms with Gasteiger partial charge in [0.15, 0.2) is 27.1 Å². The molecule has 0 spiro atoms. The summed E-state index contributed by atoms with van der Waals surface area (Å²) in [4.78, 5) is 12.3. The Kier molecular flexibility index (Phi) is 4.25. The van der Waals surface area contributed by atoms with Crippen LogP contribution in [0, 0.1) is 0 Å². The summed E-state index contributed by atoms with van der Waals surface area (Å²) >= 11 is 0. The lowest BCUT2D eigenvalue weighted by Gasteiger charge is -2.21. The molecular formula is C13H18O5S. The second kappa shape index (κ2) is 5.21. The van der Waals surface area contributed by atoms with Crippen LogP contribution in [-0.4, -0.2) is 39.4 Å². The summed E-state index contributed by atoms with van der Waals surface area (Å²) in [6.45, 7) is 2.78. The zero-order valence-electron chi connectivity index (χ0n) is 11.7. The van der Waals surface area contributed by atoms with Crippen LogP contribution in [0.25, 0.3) is 0 Å². The molecule has 0 fully saturated rings. The van der Waals surface area contributed by atoms with Crippen molar-refractivity contribution in [1.29, 1.82) is 0 Å². The van der Waals surface area contributed by atoms with Gasteiger partial charge in [0.2, 0.25) is 0 Å². The number of methoxy groups -OCH3 is 2. The van der Waals surface area contributed by atoms with Gasteiger partial charge in [-0.3, -0.25) is 4.79 Å². The van der Waals surface area contributed by atoms with Gasteiger partial charge in [-0.1, -0.05) is 0 Å². The average molecular weight is 286 g/mol. The van der Waals surface area contributed by atoms with Crippen LogP contribution in [-0.2, 0) is 9.84 Å². The highest BCUT2D eigenvalue weighted by molar-refractivity contribution is 7.92. The third-order valence-electron chi connectivity index (χ3n) is 3.12. The molecule has 0 N–H and O–H groups in total. The maximum atomic E-state index is 12.3. The summed E-state index contributed by atoms with van der Waals surface area (Å²) in [7, 11) is -0.569. The van der Waals surface area contributed by atoms with Gasteiger partial charge in [0, 0.05) is 11.8 Å². The van der Waals surface area contributed by atoms with E-state index in [4.69, 9.17) is 9.47 Å². The Morgan fingerprint density at radius 1 is 1.11 bits per heavy atom. The first-order chi connectivity index (χ1) is 8.65. The number of hydrogen-bond donors (Lipinski definition) is 0. The van der Waals surface area contributed by atoms with Crippen molar-refractivity contribution in [2.24, 2.45) is 0 Å². The molecule has 1 aromatic rings. The molecule has 0 bridgehead atoms. The summed E-state index contributed by atoms with van der Waals surface area (Å²) in [6, 6.07) is 4.58. The molecule has 0 unspecified atom stereocenters. The van der Waals surface area contributed by atoms with Gasteiger partial charge in [0.1, 0.15) is 4.75 Å². The van der Waals surface area contributed by atoms with Crippen LogP contribution in [0.1, 0.15) is 24.2 Å². The maximum Gasteiger partial charge on any atom is 0.183 e. The lowest BCUT2D eigenvalue weighted by molar-refractivity contribution is 0.0953. The molecule has 0 radical (unpaired) electrons. The van der Waals surface area contributed by atoms with Gasteiger partial charge in [-0.25, -0.2) is 8.42 Å². The summed E-state index contributed by atoms with van der Waals surface area (Å²) in [6.07, 6.45) is 1.05. The van der Waals surface area contributed by atoms with Crippen LogP contribution >= 0.6 is 0 Å². The van der Waals surface area contributed by atoms with E-state index in [0.29, 0.717) is 11.5 Å². The molecule has 19 heavy (non-hydrogen) atoms. The number of Topliss-reactive ketones (excluding diaryl/α,β-unsaturated/α-hetero) is 1. The van der Waals surface area contributed by atoms with Crippen LogP contribution in [0.2, 0.25) is 0 Å². The van der Waals surface area contributed by atoms with Crippen LogP contribution in [0.3, 0.4) is 0 Å². The van der Waals surface area contributed by atoms with Crippen molar-refractivity contribution < 1.29 is 22.7 Å². The molecule has 0 amide bonds. The molecule has 1 aromatic carbocycles. The molecule has 6 heteroatoms. The number of benzene rings is 1. The minimum atomic E-state index is -3.51. The Balaban J connectivity index is 3.29. The minimum Gasteiger partial charge on any atom is -0.493 e. The highest BCUT2D eigenvalue weighted by Gasteiger charge is 2.39. The Labute approximate surface area is 113 Å². The van der Waals surface area contributed by atoms with Crippen LogP contribution in [0.4, 0.5) is 0 Å². The Morgan fingerprint density at radius 2 is 1.63 bits per heavy atom. The highest BCUT2D eigenvalue weighted by atomic mass is 32.2. The fourth-order valence-corrected chi connectivity index (χ4v) is 1.95. The lowest BCUT2D eigenvalue weighted by Crippen LogP contribution is -2.39. The summed E-state index contributed by atoms with van der Waals surface area (Å²) in [5, 5.41) is 0. The number of sulfone groups is 1. The molecule has 0 aliphatic rings. The number of ether oxygens (including phenoxy) is 2. The third-order valence-corrected chi connectivity index (χ3v) is 5.16. The summed E-state index contributed by atoms with van der Waals surface area (Å²) in [5.74, 6) is 0.393. The highest BCUT2D eigenvalue weighted by Crippen LogP contribution is 2.30. The smallest absolute Gasteiger partial charge is 0.183 e. The number of rotatable bonds is 5. The first kappa shape index (κ1) is 15.5. The molecule has 0 saturated heterocycles. The predicted molar refractivity (Wildman–Crippen MR) is 72.8 cm³/mol. The van der Waals surface area contributed by atoms with Crippen molar-refractivity contribution in [3.63, 3.8) is 0 Å². The molecule has 0 atom stereocenters. The predicted octanol–water partition coefficient (Wildman–Crippen LogP) is 1.71. The Hall–Kier alpha value is -1.56. The van der Waals surface area contributed by atoms with E-state index < -0.39 is 20.4 Å². The number of carbonyl (C=O) groups excluding carboxylic acids is 1. The van der Waals surface area contributed by atoms with Crippen molar-refractivity contribution in [2.45, 2.75) is 18.6 Å². The van der Waals surface area contributed by atoms with Gasteiger partial charge in [0.05, 0.1) is 14.2 Å². The lowest BCUT2D eigenvalue weighted by atomic mass is 10.00. The molecule has 0 saturated carbocycles. The van der Waals surface area contributed by atoms with Gasteiger partial charge < -0.3 is 9.47 Å². The first-order valence-corrected chi connectivity index (χ1v) is 7.50. The van der Waals surface area contributed by atoms with Gasteiger partial charge in [0.25, 0.3) is 0 Å². The molecule has 0 heterocycles. The van der Waals surface area contributed by atoms with Crippen LogP contribution in [0.5, 0.6) is 11.5 Å². The van der Waals surface area contributed by atoms with E-state index in [2.05, 4.69) is 0 Å². The van der Waals surface area contributed by atoms with Crippen LogP contribution < -0.4 is 9.47 Å². The van der Waals surface area contributed by atoms with Crippen molar-refractivity contribution in [2.75, 3.05) is 20.5 Å². The Morgan fingerprint density at radius 3 is 2.05 bits per heavy atom. The zero-order chi connectivity index (χ0) is 14.8. The van der Waals surface area contributed by atoms with E-state index >= 15 is 0 Å². The summed E-state index contributed by atoms with van der Waals surface area (Å²) < 4.78 is 32.0. The zero-order valence-corrected chi connectivity index (χ0v) is 12.5. The molecule has 5 nitrogen and oxygen atoms in total.